The van der Waals surface area contributed by atoms with Gasteiger partial charge in [0.25, 0.3) is 0 Å². The van der Waals surface area contributed by atoms with Crippen LogP contribution in [-0.2, 0) is 28.1 Å². The maximum Gasteiger partial charge on any atom is 0.417 e. The molecule has 0 saturated heterocycles. The lowest BCUT2D eigenvalue weighted by atomic mass is 10.0. The molecule has 146 valence electrons. The molecule has 2 aromatic carbocycles. The van der Waals surface area contributed by atoms with E-state index < -0.39 is 22.2 Å². The molecule has 0 saturated carbocycles. The Morgan fingerprint density at radius 2 is 1.74 bits per heavy atom. The topological polar surface area (TPSA) is 79.6 Å². The molecule has 0 spiro atoms. The predicted octanol–water partition coefficient (Wildman–Crippen LogP) is 5.58. The predicted molar refractivity (Wildman–Crippen MR) is 96.5 cm³/mol. The van der Waals surface area contributed by atoms with Crippen molar-refractivity contribution in [2.45, 2.75) is 19.7 Å². The summed E-state index contributed by atoms with van der Waals surface area (Å²) in [6.45, 7) is 1.53. The minimum absolute atomic E-state index is 0.0850. The van der Waals surface area contributed by atoms with Gasteiger partial charge in [-0.15, -0.1) is 0 Å². The van der Waals surface area contributed by atoms with E-state index in [1.165, 1.54) is 19.1 Å². The Morgan fingerprint density at radius 1 is 1.15 bits per heavy atom. The third-order valence-electron chi connectivity index (χ3n) is 3.00. The molecule has 0 amide bonds. The lowest BCUT2D eigenvalue weighted by Gasteiger charge is -2.12. The first-order valence-electron chi connectivity index (χ1n) is 7.09. The van der Waals surface area contributed by atoms with Gasteiger partial charge in [0.15, 0.2) is 0 Å². The number of alkyl halides is 3. The van der Waals surface area contributed by atoms with Crippen molar-refractivity contribution < 1.29 is 26.4 Å². The van der Waals surface area contributed by atoms with Gasteiger partial charge >= 0.3 is 16.7 Å². The fourth-order valence-electron chi connectivity index (χ4n) is 1.94. The van der Waals surface area contributed by atoms with Gasteiger partial charge in [0.2, 0.25) is 0 Å². The molecule has 0 aromatic heterocycles. The quantitative estimate of drug-likeness (QED) is 0.497. The van der Waals surface area contributed by atoms with Crippen molar-refractivity contribution in [3.63, 3.8) is 0 Å². The van der Waals surface area contributed by atoms with Crippen LogP contribution in [0.1, 0.15) is 23.6 Å². The Labute approximate surface area is 164 Å². The molecule has 2 rings (SSSR count). The fourth-order valence-corrected chi connectivity index (χ4v) is 2.33. The van der Waals surface area contributed by atoms with Crippen LogP contribution in [0.25, 0.3) is 0 Å². The molecule has 0 bridgehead atoms. The molecule has 5 nitrogen and oxygen atoms in total. The highest BCUT2D eigenvalue weighted by Gasteiger charge is 2.34. The lowest BCUT2D eigenvalue weighted by molar-refractivity contribution is -0.137. The summed E-state index contributed by atoms with van der Waals surface area (Å²) in [4.78, 5) is 5.12. The van der Waals surface area contributed by atoms with Crippen LogP contribution >= 0.6 is 23.2 Å². The first-order valence-corrected chi connectivity index (χ1v) is 8.92. The van der Waals surface area contributed by atoms with E-state index in [-0.39, 0.29) is 22.9 Å². The van der Waals surface area contributed by atoms with E-state index in [0.29, 0.717) is 5.02 Å². The highest BCUT2D eigenvalue weighted by Crippen LogP contribution is 2.33. The number of oxime groups is 1. The maximum atomic E-state index is 13.0. The second-order valence-electron chi connectivity index (χ2n) is 5.00. The third kappa shape index (κ3) is 8.42. The van der Waals surface area contributed by atoms with Crippen LogP contribution in [0.3, 0.4) is 0 Å². The molecule has 0 aliphatic heterocycles. The SMILES string of the molecule is C/C(=N\OCc1cccc(Cl)c1)c1cc(Cl)ccc1C(F)(F)F.N=S(=O)=O. The van der Waals surface area contributed by atoms with Crippen molar-refractivity contribution >= 4 is 39.4 Å². The summed E-state index contributed by atoms with van der Waals surface area (Å²) in [7, 11) is -2.61. The standard InChI is InChI=1S/C16H12Cl2F3NO.HNO2S/c1-10(22-23-9-11-3-2-4-12(17)7-11)14-8-13(18)5-6-15(14)16(19,20)21;1-4(2)3/h2-8H,9H2,1H3;1H/b22-10+;. The van der Waals surface area contributed by atoms with Crippen molar-refractivity contribution in [1.29, 1.82) is 4.78 Å². The third-order valence-corrected chi connectivity index (χ3v) is 3.47. The van der Waals surface area contributed by atoms with E-state index in [1.54, 1.807) is 24.3 Å². The Morgan fingerprint density at radius 3 is 2.30 bits per heavy atom. The molecule has 0 fully saturated rings. The average molecular weight is 441 g/mol. The molecular formula is C16H13Cl2F3N2O3S. The van der Waals surface area contributed by atoms with Gasteiger partial charge in [-0.3, -0.25) is 0 Å². The zero-order valence-electron chi connectivity index (χ0n) is 13.7. The summed E-state index contributed by atoms with van der Waals surface area (Å²) < 4.78 is 61.9. The van der Waals surface area contributed by atoms with Crippen LogP contribution < -0.4 is 0 Å². The Bertz CT molecular complexity index is 926. The summed E-state index contributed by atoms with van der Waals surface area (Å²) in [5, 5.41) is 4.48. The van der Waals surface area contributed by atoms with Crippen molar-refractivity contribution in [2.75, 3.05) is 0 Å². The largest absolute Gasteiger partial charge is 0.417 e. The van der Waals surface area contributed by atoms with E-state index >= 15 is 0 Å². The van der Waals surface area contributed by atoms with Crippen LogP contribution in [0, 0.1) is 4.78 Å². The summed E-state index contributed by atoms with van der Waals surface area (Å²) in [5.41, 5.74) is -0.0800. The van der Waals surface area contributed by atoms with Gasteiger partial charge in [0.1, 0.15) is 6.61 Å². The molecule has 2 aromatic rings. The molecule has 27 heavy (non-hydrogen) atoms. The molecule has 0 unspecified atom stereocenters. The average Bonchev–Trinajstić information content (AvgIpc) is 2.53. The summed E-state index contributed by atoms with van der Waals surface area (Å²) >= 11 is 11.6. The van der Waals surface area contributed by atoms with Crippen LogP contribution in [-0.4, -0.2) is 14.1 Å². The van der Waals surface area contributed by atoms with Crippen molar-refractivity contribution in [3.8, 4) is 0 Å². The number of nitrogens with one attached hydrogen (secondary N) is 1. The molecule has 11 heteroatoms. The van der Waals surface area contributed by atoms with E-state index in [9.17, 15) is 13.2 Å². The number of hydrogen-bond donors (Lipinski definition) is 1. The maximum absolute atomic E-state index is 13.0. The van der Waals surface area contributed by atoms with Crippen molar-refractivity contribution in [3.05, 3.63) is 69.2 Å². The first kappa shape index (κ1) is 22.9. The van der Waals surface area contributed by atoms with E-state index in [4.69, 9.17) is 41.2 Å². The normalized spacial score (nSPS) is 11.4. The van der Waals surface area contributed by atoms with E-state index in [2.05, 4.69) is 5.16 Å². The molecule has 0 atom stereocenters. The molecule has 1 N–H and O–H groups in total. The first-order chi connectivity index (χ1) is 12.5. The second kappa shape index (κ2) is 10.3. The van der Waals surface area contributed by atoms with Crippen molar-refractivity contribution in [1.82, 2.24) is 0 Å². The smallest absolute Gasteiger partial charge is 0.391 e. The second-order valence-corrected chi connectivity index (χ2v) is 6.34. The van der Waals surface area contributed by atoms with E-state index in [0.717, 1.165) is 11.6 Å². The Hall–Kier alpha value is -2.10. The number of hydrogen-bond acceptors (Lipinski definition) is 5. The molecule has 0 heterocycles. The van der Waals surface area contributed by atoms with Gasteiger partial charge in [-0.25, -0.2) is 0 Å². The minimum Gasteiger partial charge on any atom is -0.391 e. The van der Waals surface area contributed by atoms with Gasteiger partial charge in [0.05, 0.1) is 11.3 Å². The number of halogens is 5. The zero-order valence-corrected chi connectivity index (χ0v) is 16.0. The summed E-state index contributed by atoms with van der Waals surface area (Å²) in [5.74, 6) is 0. The van der Waals surface area contributed by atoms with Gasteiger partial charge in [-0.05, 0) is 42.8 Å². The van der Waals surface area contributed by atoms with Crippen LogP contribution in [0.2, 0.25) is 10.0 Å². The van der Waals surface area contributed by atoms with Gasteiger partial charge in [-0.2, -0.15) is 26.4 Å². The summed E-state index contributed by atoms with van der Waals surface area (Å²) in [6, 6.07) is 10.2. The highest BCUT2D eigenvalue weighted by molar-refractivity contribution is 7.60. The van der Waals surface area contributed by atoms with Crippen molar-refractivity contribution in [2.24, 2.45) is 5.16 Å². The van der Waals surface area contributed by atoms with Crippen LogP contribution in [0.5, 0.6) is 0 Å². The minimum atomic E-state index is -4.50. The summed E-state index contributed by atoms with van der Waals surface area (Å²) in [6.07, 6.45) is -4.50. The number of nitrogens with zero attached hydrogens (tertiary/aromatic N) is 1. The Kier molecular flexibility index (Phi) is 8.74. The molecule has 0 radical (unpaired) electrons. The Balaban J connectivity index is 0.000000828. The highest BCUT2D eigenvalue weighted by atomic mass is 35.5. The lowest BCUT2D eigenvalue weighted by Crippen LogP contribution is -2.12. The molecular weight excluding hydrogens is 428 g/mol. The van der Waals surface area contributed by atoms with Gasteiger partial charge in [0, 0.05) is 15.6 Å². The number of rotatable bonds is 4. The molecule has 0 aliphatic carbocycles. The zero-order chi connectivity index (χ0) is 20.6. The van der Waals surface area contributed by atoms with Crippen LogP contribution in [0.15, 0.2) is 47.6 Å². The van der Waals surface area contributed by atoms with Gasteiger partial charge < -0.3 is 4.84 Å². The van der Waals surface area contributed by atoms with Gasteiger partial charge in [-0.1, -0.05) is 40.5 Å². The molecule has 0 aliphatic rings. The fraction of sp³-hybridized carbons (Fsp3) is 0.188. The monoisotopic (exact) mass is 440 g/mol. The number of benzene rings is 2. The van der Waals surface area contributed by atoms with Crippen LogP contribution in [0.4, 0.5) is 13.2 Å². The van der Waals surface area contributed by atoms with E-state index in [1.807, 2.05) is 0 Å².